The molecule has 1 saturated heterocycles. The summed E-state index contributed by atoms with van der Waals surface area (Å²) in [5, 5.41) is 0. The van der Waals surface area contributed by atoms with Crippen LogP contribution < -0.4 is 0 Å². The van der Waals surface area contributed by atoms with Crippen molar-refractivity contribution in [2.75, 3.05) is 13.1 Å². The van der Waals surface area contributed by atoms with Crippen LogP contribution in [-0.4, -0.2) is 28.0 Å². The third kappa shape index (κ3) is 3.15. The lowest BCUT2D eigenvalue weighted by molar-refractivity contribution is 0.221. The largest absolute Gasteiger partial charge is 0.299 e. The number of fused-ring (bicyclic) bond motifs is 1. The molecule has 1 fully saturated rings. The Hall–Kier alpha value is -2.33. The molecule has 3 aromatic rings. The lowest BCUT2D eigenvalue weighted by atomic mass is 10.0. The van der Waals surface area contributed by atoms with E-state index >= 15 is 0 Å². The van der Waals surface area contributed by atoms with Crippen LogP contribution in [0.25, 0.3) is 22.2 Å². The summed E-state index contributed by atoms with van der Waals surface area (Å²) in [4.78, 5) is 10.9. The van der Waals surface area contributed by atoms with E-state index in [2.05, 4.69) is 27.0 Å². The van der Waals surface area contributed by atoms with Crippen LogP contribution in [0.3, 0.4) is 0 Å². The number of halogens is 1. The fourth-order valence-electron chi connectivity index (χ4n) is 3.42. The predicted octanol–water partition coefficient (Wildman–Crippen LogP) is 4.42. The molecule has 122 valence electrons. The molecule has 2 heterocycles. The fraction of sp³-hybridized carbons (Fsp3) is 0.300. The van der Waals surface area contributed by atoms with Gasteiger partial charge in [-0.05, 0) is 49.2 Å². The highest BCUT2D eigenvalue weighted by molar-refractivity contribution is 5.81. The fourth-order valence-corrected chi connectivity index (χ4v) is 3.42. The Bertz CT molecular complexity index is 856. The van der Waals surface area contributed by atoms with Gasteiger partial charge in [-0.15, -0.1) is 0 Å². The van der Waals surface area contributed by atoms with Crippen molar-refractivity contribution in [1.29, 1.82) is 0 Å². The van der Waals surface area contributed by atoms with Crippen molar-refractivity contribution < 1.29 is 4.39 Å². The van der Waals surface area contributed by atoms with E-state index < -0.39 is 0 Å². The smallest absolute Gasteiger partial charge is 0.133 e. The maximum Gasteiger partial charge on any atom is 0.133 e. The number of hydrogen-bond donors (Lipinski definition) is 0. The molecule has 1 aliphatic heterocycles. The van der Waals surface area contributed by atoms with E-state index in [9.17, 15) is 4.39 Å². The van der Waals surface area contributed by atoms with Gasteiger partial charge in [0.25, 0.3) is 0 Å². The van der Waals surface area contributed by atoms with Gasteiger partial charge < -0.3 is 0 Å². The number of rotatable bonds is 3. The molecule has 0 unspecified atom stereocenters. The number of piperidine rings is 1. The van der Waals surface area contributed by atoms with Crippen molar-refractivity contribution in [3.63, 3.8) is 0 Å². The molecular formula is C20H20FN3. The minimum Gasteiger partial charge on any atom is -0.299 e. The van der Waals surface area contributed by atoms with Gasteiger partial charge in [0.15, 0.2) is 0 Å². The zero-order valence-corrected chi connectivity index (χ0v) is 13.6. The van der Waals surface area contributed by atoms with Crippen molar-refractivity contribution in [3.8, 4) is 11.1 Å². The molecule has 1 aromatic heterocycles. The van der Waals surface area contributed by atoms with E-state index in [1.807, 2.05) is 12.1 Å². The summed E-state index contributed by atoms with van der Waals surface area (Å²) in [6.45, 7) is 3.25. The van der Waals surface area contributed by atoms with Crippen LogP contribution >= 0.6 is 0 Å². The number of likely N-dealkylation sites (tertiary alicyclic amines) is 1. The first-order valence-corrected chi connectivity index (χ1v) is 8.51. The summed E-state index contributed by atoms with van der Waals surface area (Å²) in [6.07, 6.45) is 7.10. The van der Waals surface area contributed by atoms with Crippen LogP contribution in [0.4, 0.5) is 4.39 Å². The highest BCUT2D eigenvalue weighted by Crippen LogP contribution is 2.27. The maximum absolute atomic E-state index is 14.5. The summed E-state index contributed by atoms with van der Waals surface area (Å²) in [7, 11) is 0. The van der Waals surface area contributed by atoms with E-state index in [1.165, 1.54) is 30.9 Å². The molecule has 0 bridgehead atoms. The molecule has 24 heavy (non-hydrogen) atoms. The number of hydrogen-bond acceptors (Lipinski definition) is 3. The molecule has 4 rings (SSSR count). The topological polar surface area (TPSA) is 29.0 Å². The second-order valence-electron chi connectivity index (χ2n) is 6.41. The lowest BCUT2D eigenvalue weighted by Gasteiger charge is -2.26. The summed E-state index contributed by atoms with van der Waals surface area (Å²) in [6, 6.07) is 11.4. The molecule has 1 aliphatic rings. The van der Waals surface area contributed by atoms with Crippen molar-refractivity contribution >= 4 is 11.0 Å². The van der Waals surface area contributed by atoms with Gasteiger partial charge in [0.1, 0.15) is 5.82 Å². The van der Waals surface area contributed by atoms with Crippen LogP contribution in [0.1, 0.15) is 24.8 Å². The average Bonchev–Trinajstić information content (AvgIpc) is 2.62. The van der Waals surface area contributed by atoms with E-state index in [0.717, 1.165) is 30.7 Å². The summed E-state index contributed by atoms with van der Waals surface area (Å²) in [5.41, 5.74) is 4.02. The van der Waals surface area contributed by atoms with Gasteiger partial charge in [0.05, 0.1) is 11.0 Å². The molecule has 0 amide bonds. The van der Waals surface area contributed by atoms with Crippen molar-refractivity contribution in [3.05, 3.63) is 60.2 Å². The van der Waals surface area contributed by atoms with Gasteiger partial charge in [-0.2, -0.15) is 0 Å². The van der Waals surface area contributed by atoms with Gasteiger partial charge in [-0.3, -0.25) is 14.9 Å². The van der Waals surface area contributed by atoms with Gasteiger partial charge in [0.2, 0.25) is 0 Å². The van der Waals surface area contributed by atoms with Crippen molar-refractivity contribution in [2.24, 2.45) is 0 Å². The lowest BCUT2D eigenvalue weighted by Crippen LogP contribution is -2.29. The third-order valence-electron chi connectivity index (χ3n) is 4.65. The Labute approximate surface area is 141 Å². The Morgan fingerprint density at radius 1 is 0.917 bits per heavy atom. The molecule has 2 aromatic carbocycles. The minimum atomic E-state index is -0.252. The van der Waals surface area contributed by atoms with Gasteiger partial charge in [0, 0.05) is 30.6 Å². The average molecular weight is 321 g/mol. The highest BCUT2D eigenvalue weighted by Gasteiger charge is 2.12. The molecular weight excluding hydrogens is 301 g/mol. The summed E-state index contributed by atoms with van der Waals surface area (Å²) >= 11 is 0. The molecule has 0 saturated carbocycles. The van der Waals surface area contributed by atoms with Crippen LogP contribution in [0.5, 0.6) is 0 Å². The molecule has 0 atom stereocenters. The Morgan fingerprint density at radius 2 is 1.67 bits per heavy atom. The molecule has 0 aliphatic carbocycles. The zero-order chi connectivity index (χ0) is 16.4. The van der Waals surface area contributed by atoms with E-state index in [0.29, 0.717) is 11.1 Å². The molecule has 4 heteroatoms. The van der Waals surface area contributed by atoms with E-state index in [1.54, 1.807) is 18.5 Å². The third-order valence-corrected chi connectivity index (χ3v) is 4.65. The maximum atomic E-state index is 14.5. The predicted molar refractivity (Wildman–Crippen MR) is 94.1 cm³/mol. The zero-order valence-electron chi connectivity index (χ0n) is 13.6. The minimum absolute atomic E-state index is 0.252. The number of benzene rings is 2. The summed E-state index contributed by atoms with van der Waals surface area (Å²) < 4.78 is 14.5. The quantitative estimate of drug-likeness (QED) is 0.715. The Morgan fingerprint density at radius 3 is 2.46 bits per heavy atom. The SMILES string of the molecule is Fc1cc2nccnc2cc1-c1cccc(CN2CCCCC2)c1. The van der Waals surface area contributed by atoms with Crippen LogP contribution in [0, 0.1) is 5.82 Å². The normalized spacial score (nSPS) is 15.7. The van der Waals surface area contributed by atoms with Crippen molar-refractivity contribution in [2.45, 2.75) is 25.8 Å². The molecule has 0 radical (unpaired) electrons. The standard InChI is InChI=1S/C20H20FN3/c21-18-13-20-19(22-7-8-23-20)12-17(18)16-6-4-5-15(11-16)14-24-9-2-1-3-10-24/h4-8,11-13H,1-3,9-10,14H2. The second-order valence-corrected chi connectivity index (χ2v) is 6.41. The Balaban J connectivity index is 1.66. The van der Waals surface area contributed by atoms with Crippen LogP contribution in [0.2, 0.25) is 0 Å². The van der Waals surface area contributed by atoms with Gasteiger partial charge in [-0.25, -0.2) is 4.39 Å². The van der Waals surface area contributed by atoms with Gasteiger partial charge in [-0.1, -0.05) is 24.6 Å². The van der Waals surface area contributed by atoms with Crippen molar-refractivity contribution in [1.82, 2.24) is 14.9 Å². The van der Waals surface area contributed by atoms with Gasteiger partial charge >= 0.3 is 0 Å². The second kappa shape index (κ2) is 6.65. The first-order valence-electron chi connectivity index (χ1n) is 8.51. The van der Waals surface area contributed by atoms with E-state index in [4.69, 9.17) is 0 Å². The van der Waals surface area contributed by atoms with Crippen LogP contribution in [-0.2, 0) is 6.54 Å². The van der Waals surface area contributed by atoms with Crippen LogP contribution in [0.15, 0.2) is 48.8 Å². The number of nitrogens with zero attached hydrogens (tertiary/aromatic N) is 3. The Kier molecular flexibility index (Phi) is 4.22. The first kappa shape index (κ1) is 15.2. The molecule has 0 N–H and O–H groups in total. The molecule has 3 nitrogen and oxygen atoms in total. The first-order chi connectivity index (χ1) is 11.8. The molecule has 0 spiro atoms. The highest BCUT2D eigenvalue weighted by atomic mass is 19.1. The summed E-state index contributed by atoms with van der Waals surface area (Å²) in [5.74, 6) is -0.252. The van der Waals surface area contributed by atoms with E-state index in [-0.39, 0.29) is 5.82 Å². The monoisotopic (exact) mass is 321 g/mol. The number of aromatic nitrogens is 2.